The van der Waals surface area contributed by atoms with Crippen LogP contribution >= 0.6 is 0 Å². The van der Waals surface area contributed by atoms with Crippen molar-refractivity contribution in [1.82, 2.24) is 14.8 Å². The van der Waals surface area contributed by atoms with Crippen molar-refractivity contribution < 1.29 is 4.79 Å². The fourth-order valence-corrected chi connectivity index (χ4v) is 2.38. The monoisotopic (exact) mass is 245 g/mol. The number of nitrogens with one attached hydrogen (secondary N) is 1. The lowest BCUT2D eigenvalue weighted by Crippen LogP contribution is -2.33. The van der Waals surface area contributed by atoms with Crippen molar-refractivity contribution in [3.05, 3.63) is 24.0 Å². The van der Waals surface area contributed by atoms with Crippen LogP contribution in [0.25, 0.3) is 0 Å². The van der Waals surface area contributed by atoms with Crippen LogP contribution in [0, 0.1) is 12.3 Å². The van der Waals surface area contributed by atoms with Crippen molar-refractivity contribution in [3.8, 4) is 12.3 Å². The molecule has 0 unspecified atom stereocenters. The van der Waals surface area contributed by atoms with Crippen molar-refractivity contribution in [1.29, 1.82) is 0 Å². The summed E-state index contributed by atoms with van der Waals surface area (Å²) in [4.78, 5) is 13.8. The van der Waals surface area contributed by atoms with E-state index in [1.165, 1.54) is 0 Å². The molecule has 1 fully saturated rings. The molecule has 0 aromatic carbocycles. The third-order valence-electron chi connectivity index (χ3n) is 3.38. The van der Waals surface area contributed by atoms with Crippen molar-refractivity contribution >= 4 is 5.91 Å². The molecule has 0 atom stereocenters. The van der Waals surface area contributed by atoms with Gasteiger partial charge in [-0.15, -0.1) is 6.42 Å². The molecule has 1 amide bonds. The van der Waals surface area contributed by atoms with Crippen LogP contribution in [0.2, 0.25) is 0 Å². The van der Waals surface area contributed by atoms with Gasteiger partial charge in [0.15, 0.2) is 0 Å². The minimum absolute atomic E-state index is 0.00326. The number of aromatic nitrogens is 1. The highest BCUT2D eigenvalue weighted by molar-refractivity contribution is 5.92. The molecule has 96 valence electrons. The average Bonchev–Trinajstić information content (AvgIpc) is 2.88. The topological polar surface area (TPSA) is 37.3 Å². The molecule has 1 saturated heterocycles. The third-order valence-corrected chi connectivity index (χ3v) is 3.38. The number of carbonyl (C=O) groups is 1. The summed E-state index contributed by atoms with van der Waals surface area (Å²) in [5, 5.41) is 3.33. The van der Waals surface area contributed by atoms with Crippen molar-refractivity contribution in [3.63, 3.8) is 0 Å². The molecule has 0 spiro atoms. The summed E-state index contributed by atoms with van der Waals surface area (Å²) >= 11 is 0. The predicted octanol–water partition coefficient (Wildman–Crippen LogP) is 1.12. The van der Waals surface area contributed by atoms with Gasteiger partial charge >= 0.3 is 0 Å². The molecule has 4 heteroatoms. The van der Waals surface area contributed by atoms with E-state index in [9.17, 15) is 4.79 Å². The van der Waals surface area contributed by atoms with Crippen LogP contribution in [-0.4, -0.2) is 42.1 Å². The normalized spacial score (nSPS) is 16.2. The molecule has 1 aromatic heterocycles. The zero-order valence-electron chi connectivity index (χ0n) is 10.7. The van der Waals surface area contributed by atoms with E-state index < -0.39 is 0 Å². The Hall–Kier alpha value is -1.73. The summed E-state index contributed by atoms with van der Waals surface area (Å²) in [5.41, 5.74) is 0.736. The first-order valence-electron chi connectivity index (χ1n) is 6.30. The van der Waals surface area contributed by atoms with E-state index in [-0.39, 0.29) is 5.91 Å². The number of hydrogen-bond donors (Lipinski definition) is 1. The Morgan fingerprint density at radius 3 is 3.00 bits per heavy atom. The molecule has 1 aliphatic rings. The third kappa shape index (κ3) is 2.57. The van der Waals surface area contributed by atoms with Crippen molar-refractivity contribution in [2.45, 2.75) is 18.9 Å². The first-order chi connectivity index (χ1) is 8.74. The predicted molar refractivity (Wildman–Crippen MR) is 71.4 cm³/mol. The number of carbonyl (C=O) groups excluding carboxylic acids is 1. The lowest BCUT2D eigenvalue weighted by atomic mass is 10.1. The fourth-order valence-electron chi connectivity index (χ4n) is 2.38. The van der Waals surface area contributed by atoms with Crippen LogP contribution in [0.15, 0.2) is 18.3 Å². The number of terminal acetylenes is 1. The molecule has 4 nitrogen and oxygen atoms in total. The maximum Gasteiger partial charge on any atom is 0.271 e. The quantitative estimate of drug-likeness (QED) is 0.810. The van der Waals surface area contributed by atoms with Crippen LogP contribution in [-0.2, 0) is 0 Å². The summed E-state index contributed by atoms with van der Waals surface area (Å²) in [6.45, 7) is 2.36. The van der Waals surface area contributed by atoms with Crippen molar-refractivity contribution in [2.75, 3.05) is 26.7 Å². The molecule has 0 bridgehead atoms. The molecule has 2 rings (SSSR count). The van der Waals surface area contributed by atoms with E-state index in [1.54, 1.807) is 11.9 Å². The Kier molecular flexibility index (Phi) is 4.06. The Morgan fingerprint density at radius 2 is 2.33 bits per heavy atom. The molecule has 0 aliphatic carbocycles. The van der Waals surface area contributed by atoms with Gasteiger partial charge in [-0.2, -0.15) is 0 Å². The van der Waals surface area contributed by atoms with Gasteiger partial charge in [0, 0.05) is 19.3 Å². The lowest BCUT2D eigenvalue weighted by molar-refractivity contribution is 0.0798. The molecule has 0 radical (unpaired) electrons. The smallest absolute Gasteiger partial charge is 0.271 e. The Morgan fingerprint density at radius 1 is 1.61 bits per heavy atom. The Bertz CT molecular complexity index is 452. The number of hydrogen-bond acceptors (Lipinski definition) is 2. The van der Waals surface area contributed by atoms with Gasteiger partial charge < -0.3 is 14.8 Å². The van der Waals surface area contributed by atoms with Gasteiger partial charge in [-0.25, -0.2) is 0 Å². The molecule has 18 heavy (non-hydrogen) atoms. The van der Waals surface area contributed by atoms with E-state index in [1.807, 2.05) is 18.3 Å². The number of piperidine rings is 1. The largest absolute Gasteiger partial charge is 0.340 e. The van der Waals surface area contributed by atoms with Gasteiger partial charge in [-0.3, -0.25) is 4.79 Å². The molecule has 0 saturated carbocycles. The number of rotatable bonds is 3. The van der Waals surface area contributed by atoms with E-state index in [0.29, 0.717) is 12.6 Å². The Balaban J connectivity index is 2.16. The lowest BCUT2D eigenvalue weighted by Gasteiger charge is -2.26. The zero-order valence-corrected chi connectivity index (χ0v) is 10.7. The minimum atomic E-state index is -0.00326. The summed E-state index contributed by atoms with van der Waals surface area (Å²) in [6, 6.07) is 4.22. The molecular weight excluding hydrogens is 226 g/mol. The van der Waals surface area contributed by atoms with E-state index in [4.69, 9.17) is 6.42 Å². The second kappa shape index (κ2) is 5.74. The van der Waals surface area contributed by atoms with Gasteiger partial charge in [0.25, 0.3) is 5.91 Å². The second-order valence-electron chi connectivity index (χ2n) is 4.65. The van der Waals surface area contributed by atoms with E-state index in [0.717, 1.165) is 31.6 Å². The average molecular weight is 245 g/mol. The van der Waals surface area contributed by atoms with E-state index >= 15 is 0 Å². The van der Waals surface area contributed by atoms with E-state index in [2.05, 4.69) is 15.8 Å². The highest BCUT2D eigenvalue weighted by Crippen LogP contribution is 2.21. The molecule has 1 N–H and O–H groups in total. The van der Waals surface area contributed by atoms with Crippen LogP contribution < -0.4 is 5.32 Å². The van der Waals surface area contributed by atoms with Gasteiger partial charge in [0.1, 0.15) is 5.69 Å². The summed E-state index contributed by atoms with van der Waals surface area (Å²) in [6.07, 6.45) is 9.36. The van der Waals surface area contributed by atoms with Crippen LogP contribution in [0.3, 0.4) is 0 Å². The molecule has 1 aliphatic heterocycles. The standard InChI is InChI=1S/C14H19N3O/c1-3-10-16(2)14(18)13-5-4-11-17(13)12-6-8-15-9-7-12/h1,4-5,11-12,15H,6-10H2,2H3. The van der Waals surface area contributed by atoms with Gasteiger partial charge in [-0.1, -0.05) is 5.92 Å². The maximum atomic E-state index is 12.3. The number of nitrogens with zero attached hydrogens (tertiary/aromatic N) is 2. The van der Waals surface area contributed by atoms with Crippen LogP contribution in [0.1, 0.15) is 29.4 Å². The van der Waals surface area contributed by atoms with Crippen LogP contribution in [0.5, 0.6) is 0 Å². The van der Waals surface area contributed by atoms with Crippen LogP contribution in [0.4, 0.5) is 0 Å². The van der Waals surface area contributed by atoms with Gasteiger partial charge in [-0.05, 0) is 38.1 Å². The highest BCUT2D eigenvalue weighted by Gasteiger charge is 2.21. The summed E-state index contributed by atoms with van der Waals surface area (Å²) in [5.74, 6) is 2.49. The first-order valence-corrected chi connectivity index (χ1v) is 6.30. The maximum absolute atomic E-state index is 12.3. The first kappa shape index (κ1) is 12.7. The van der Waals surface area contributed by atoms with Gasteiger partial charge in [0.05, 0.1) is 6.54 Å². The Labute approximate surface area is 108 Å². The zero-order chi connectivity index (χ0) is 13.0. The highest BCUT2D eigenvalue weighted by atomic mass is 16.2. The molecular formula is C14H19N3O. The second-order valence-corrected chi connectivity index (χ2v) is 4.65. The molecule has 1 aromatic rings. The van der Waals surface area contributed by atoms with Crippen molar-refractivity contribution in [2.24, 2.45) is 0 Å². The minimum Gasteiger partial charge on any atom is -0.340 e. The van der Waals surface area contributed by atoms with Gasteiger partial charge in [0.2, 0.25) is 0 Å². The SMILES string of the molecule is C#CCN(C)C(=O)c1cccn1C1CCNCC1. The fraction of sp³-hybridized carbons (Fsp3) is 0.500. The molecule has 2 heterocycles. The summed E-state index contributed by atoms with van der Waals surface area (Å²) < 4.78 is 2.09. The number of amides is 1. The summed E-state index contributed by atoms with van der Waals surface area (Å²) in [7, 11) is 1.74.